The molecule has 0 amide bonds. The van der Waals surface area contributed by atoms with Crippen LogP contribution in [0.4, 0.5) is 17.6 Å². The molecule has 0 aliphatic heterocycles. The summed E-state index contributed by atoms with van der Waals surface area (Å²) in [6.07, 6.45) is -4.11. The topological polar surface area (TPSA) is 32.9 Å². The molecule has 0 aromatic carbocycles. The van der Waals surface area contributed by atoms with Crippen LogP contribution < -0.4 is 5.43 Å². The fourth-order valence-corrected chi connectivity index (χ4v) is 0.667. The molecule has 0 spiro atoms. The average Bonchev–Trinajstić information content (AvgIpc) is 1.92. The van der Waals surface area contributed by atoms with Crippen LogP contribution in [0.5, 0.6) is 0 Å². The Morgan fingerprint density at radius 2 is 1.92 bits per heavy atom. The van der Waals surface area contributed by atoms with Gasteiger partial charge in [0.1, 0.15) is 0 Å². The van der Waals surface area contributed by atoms with Crippen LogP contribution in [-0.2, 0) is 6.18 Å². The van der Waals surface area contributed by atoms with E-state index < -0.39 is 23.1 Å². The lowest BCUT2D eigenvalue weighted by Crippen LogP contribution is -2.18. The van der Waals surface area contributed by atoms with Gasteiger partial charge in [0.25, 0.3) is 0 Å². The van der Waals surface area contributed by atoms with Crippen molar-refractivity contribution in [3.8, 4) is 0 Å². The van der Waals surface area contributed by atoms with E-state index >= 15 is 0 Å². The Hall–Kier alpha value is -1.33. The van der Waals surface area contributed by atoms with Crippen molar-refractivity contribution >= 4 is 0 Å². The standard InChI is InChI=1S/C6H3F4NO/c7-4-3(12)1-2-11-5(4)6(8,9)10/h1-2H,(H,11,12). The highest BCUT2D eigenvalue weighted by molar-refractivity contribution is 5.10. The van der Waals surface area contributed by atoms with E-state index in [1.165, 1.54) is 0 Å². The molecule has 0 fully saturated rings. The van der Waals surface area contributed by atoms with E-state index in [9.17, 15) is 22.4 Å². The van der Waals surface area contributed by atoms with Crippen molar-refractivity contribution < 1.29 is 17.6 Å². The number of nitrogens with one attached hydrogen (secondary N) is 1. The molecule has 0 saturated carbocycles. The first kappa shape index (κ1) is 8.76. The van der Waals surface area contributed by atoms with Crippen LogP contribution in [0.15, 0.2) is 17.1 Å². The summed E-state index contributed by atoms with van der Waals surface area (Å²) >= 11 is 0. The van der Waals surface area contributed by atoms with E-state index in [-0.39, 0.29) is 0 Å². The van der Waals surface area contributed by atoms with Gasteiger partial charge in [-0.25, -0.2) is 4.39 Å². The smallest absolute Gasteiger partial charge is 0.355 e. The zero-order valence-electron chi connectivity index (χ0n) is 5.57. The molecule has 0 saturated heterocycles. The van der Waals surface area contributed by atoms with Gasteiger partial charge in [0, 0.05) is 12.3 Å². The van der Waals surface area contributed by atoms with Crippen LogP contribution in [-0.4, -0.2) is 4.98 Å². The number of halogens is 4. The summed E-state index contributed by atoms with van der Waals surface area (Å²) in [6, 6.07) is 0.685. The third-order valence-corrected chi connectivity index (χ3v) is 1.18. The maximum Gasteiger partial charge on any atom is 0.434 e. The van der Waals surface area contributed by atoms with Gasteiger partial charge in [-0.1, -0.05) is 0 Å². The molecule has 0 unspecified atom stereocenters. The number of aromatic nitrogens is 1. The minimum atomic E-state index is -4.86. The fraction of sp³-hybridized carbons (Fsp3) is 0.167. The van der Waals surface area contributed by atoms with Gasteiger partial charge in [0.15, 0.2) is 11.5 Å². The first-order chi connectivity index (χ1) is 5.43. The summed E-state index contributed by atoms with van der Waals surface area (Å²) in [6.45, 7) is 0. The highest BCUT2D eigenvalue weighted by atomic mass is 19.4. The molecular formula is C6H3F4NO. The van der Waals surface area contributed by atoms with Crippen LogP contribution in [0.2, 0.25) is 0 Å². The Labute approximate surface area is 63.8 Å². The average molecular weight is 181 g/mol. The van der Waals surface area contributed by atoms with Gasteiger partial charge < -0.3 is 4.98 Å². The molecule has 0 radical (unpaired) electrons. The Balaban J connectivity index is 3.36. The van der Waals surface area contributed by atoms with Crippen LogP contribution in [0.3, 0.4) is 0 Å². The Morgan fingerprint density at radius 3 is 2.33 bits per heavy atom. The molecule has 0 atom stereocenters. The highest BCUT2D eigenvalue weighted by Gasteiger charge is 2.35. The second-order valence-corrected chi connectivity index (χ2v) is 2.03. The fourth-order valence-electron chi connectivity index (χ4n) is 0.667. The van der Waals surface area contributed by atoms with Gasteiger partial charge in [-0.3, -0.25) is 4.79 Å². The van der Waals surface area contributed by atoms with Crippen LogP contribution in [0, 0.1) is 5.82 Å². The molecule has 0 bridgehead atoms. The van der Waals surface area contributed by atoms with Gasteiger partial charge in [0.05, 0.1) is 0 Å². The predicted molar refractivity (Wildman–Crippen MR) is 32.0 cm³/mol. The van der Waals surface area contributed by atoms with Crippen molar-refractivity contribution in [2.24, 2.45) is 0 Å². The molecule has 1 heterocycles. The molecule has 0 aliphatic carbocycles. The van der Waals surface area contributed by atoms with E-state index in [4.69, 9.17) is 0 Å². The molecule has 6 heteroatoms. The van der Waals surface area contributed by atoms with E-state index in [0.717, 1.165) is 6.20 Å². The molecule has 1 rings (SSSR count). The SMILES string of the molecule is O=c1cc[nH]c(C(F)(F)F)c1F. The third kappa shape index (κ3) is 1.46. The zero-order chi connectivity index (χ0) is 9.35. The number of H-pyrrole nitrogens is 1. The van der Waals surface area contributed by atoms with Crippen molar-refractivity contribution in [1.29, 1.82) is 0 Å². The molecule has 1 N–H and O–H groups in total. The second-order valence-electron chi connectivity index (χ2n) is 2.03. The summed E-state index contributed by atoms with van der Waals surface area (Å²) in [5.41, 5.74) is -2.92. The molecule has 2 nitrogen and oxygen atoms in total. The van der Waals surface area contributed by atoms with Gasteiger partial charge in [0.2, 0.25) is 5.43 Å². The van der Waals surface area contributed by atoms with E-state index in [0.29, 0.717) is 6.07 Å². The molecular weight excluding hydrogens is 178 g/mol. The number of pyridine rings is 1. The lowest BCUT2D eigenvalue weighted by atomic mass is 10.3. The number of aromatic amines is 1. The number of hydrogen-bond donors (Lipinski definition) is 1. The molecule has 0 aliphatic rings. The quantitative estimate of drug-likeness (QED) is 0.605. The van der Waals surface area contributed by atoms with E-state index in [1.807, 2.05) is 0 Å². The van der Waals surface area contributed by atoms with Crippen molar-refractivity contribution in [1.82, 2.24) is 4.98 Å². The largest absolute Gasteiger partial charge is 0.434 e. The lowest BCUT2D eigenvalue weighted by molar-refractivity contribution is -0.143. The number of alkyl halides is 3. The Bertz CT molecular complexity index is 340. The van der Waals surface area contributed by atoms with Gasteiger partial charge >= 0.3 is 6.18 Å². The zero-order valence-corrected chi connectivity index (χ0v) is 5.57. The van der Waals surface area contributed by atoms with Gasteiger partial charge in [-0.05, 0) is 0 Å². The minimum Gasteiger partial charge on any atom is -0.355 e. The minimum absolute atomic E-state index is 0.685. The molecule has 1 aromatic heterocycles. The monoisotopic (exact) mass is 181 g/mol. The Morgan fingerprint density at radius 1 is 1.33 bits per heavy atom. The third-order valence-electron chi connectivity index (χ3n) is 1.18. The Kier molecular flexibility index (Phi) is 1.91. The summed E-state index contributed by atoms with van der Waals surface area (Å²) in [4.78, 5) is 12.0. The van der Waals surface area contributed by atoms with Crippen molar-refractivity contribution in [3.05, 3.63) is 34.0 Å². The van der Waals surface area contributed by atoms with Crippen LogP contribution in [0.1, 0.15) is 5.69 Å². The number of rotatable bonds is 0. The summed E-state index contributed by atoms with van der Waals surface area (Å²) in [5, 5.41) is 0. The van der Waals surface area contributed by atoms with Gasteiger partial charge in [-0.2, -0.15) is 13.2 Å². The first-order valence-corrected chi connectivity index (χ1v) is 2.87. The maximum absolute atomic E-state index is 12.4. The van der Waals surface area contributed by atoms with E-state index in [2.05, 4.69) is 0 Å². The summed E-state index contributed by atoms with van der Waals surface area (Å²) in [5.74, 6) is -1.80. The van der Waals surface area contributed by atoms with Crippen LogP contribution in [0.25, 0.3) is 0 Å². The van der Waals surface area contributed by atoms with Crippen molar-refractivity contribution in [3.63, 3.8) is 0 Å². The van der Waals surface area contributed by atoms with Crippen LogP contribution >= 0.6 is 0 Å². The normalized spacial score (nSPS) is 11.7. The maximum atomic E-state index is 12.4. The van der Waals surface area contributed by atoms with E-state index in [1.54, 1.807) is 4.98 Å². The molecule has 12 heavy (non-hydrogen) atoms. The predicted octanol–water partition coefficient (Wildman–Crippen LogP) is 1.53. The van der Waals surface area contributed by atoms with Gasteiger partial charge in [-0.15, -0.1) is 0 Å². The first-order valence-electron chi connectivity index (χ1n) is 2.87. The molecule has 1 aromatic rings. The summed E-state index contributed by atoms with van der Waals surface area (Å²) < 4.78 is 47.9. The second kappa shape index (κ2) is 2.62. The van der Waals surface area contributed by atoms with Crippen molar-refractivity contribution in [2.75, 3.05) is 0 Å². The molecule has 66 valence electrons. The van der Waals surface area contributed by atoms with Crippen molar-refractivity contribution in [2.45, 2.75) is 6.18 Å². The summed E-state index contributed by atoms with van der Waals surface area (Å²) in [7, 11) is 0. The lowest BCUT2D eigenvalue weighted by Gasteiger charge is -2.05. The highest BCUT2D eigenvalue weighted by Crippen LogP contribution is 2.27. The number of hydrogen-bond acceptors (Lipinski definition) is 1.